The summed E-state index contributed by atoms with van der Waals surface area (Å²) in [5.41, 5.74) is 0.738. The Kier molecular flexibility index (Phi) is 3.15. The number of piperazine rings is 1. The molecule has 2 aromatic rings. The Morgan fingerprint density at radius 2 is 2.20 bits per heavy atom. The molecule has 0 saturated carbocycles. The fourth-order valence-electron chi connectivity index (χ4n) is 2.36. The monoisotopic (exact) mass is 297 g/mol. The van der Waals surface area contributed by atoms with Gasteiger partial charge < -0.3 is 9.73 Å². The normalized spacial score (nSPS) is 21.4. The Hall–Kier alpha value is -1.64. The van der Waals surface area contributed by atoms with E-state index in [0.717, 1.165) is 0 Å². The molecule has 1 saturated heterocycles. The minimum absolute atomic E-state index is 0.121. The van der Waals surface area contributed by atoms with Crippen LogP contribution in [0, 0.1) is 0 Å². The van der Waals surface area contributed by atoms with Crippen molar-refractivity contribution >= 4 is 21.1 Å². The fourth-order valence-corrected chi connectivity index (χ4v) is 3.91. The molecule has 108 valence electrons. The van der Waals surface area contributed by atoms with Gasteiger partial charge in [-0.05, 0) is 25.1 Å². The van der Waals surface area contributed by atoms with Crippen molar-refractivity contribution in [2.45, 2.75) is 17.9 Å². The lowest BCUT2D eigenvalue weighted by molar-refractivity contribution is 0.310. The molecule has 3 rings (SSSR count). The highest BCUT2D eigenvalue weighted by Gasteiger charge is 2.28. The molecule has 8 heteroatoms. The number of nitrogens with zero attached hydrogens (tertiary/aromatic N) is 1. The molecule has 1 atom stereocenters. The van der Waals surface area contributed by atoms with Crippen LogP contribution in [0.5, 0.6) is 0 Å². The fraction of sp³-hybridized carbons (Fsp3) is 0.417. The van der Waals surface area contributed by atoms with E-state index < -0.39 is 15.8 Å². The topological polar surface area (TPSA) is 95.4 Å². The molecule has 2 heterocycles. The zero-order chi connectivity index (χ0) is 14.3. The number of hydrogen-bond acceptors (Lipinski definition) is 5. The number of H-pyrrole nitrogens is 1. The summed E-state index contributed by atoms with van der Waals surface area (Å²) in [6.07, 6.45) is 0. The van der Waals surface area contributed by atoms with Gasteiger partial charge in [-0.1, -0.05) is 0 Å². The van der Waals surface area contributed by atoms with E-state index >= 15 is 0 Å². The molecule has 1 fully saturated rings. The number of rotatable bonds is 2. The average molecular weight is 297 g/mol. The maximum atomic E-state index is 12.6. The third-order valence-electron chi connectivity index (χ3n) is 3.36. The lowest BCUT2D eigenvalue weighted by Gasteiger charge is -2.30. The van der Waals surface area contributed by atoms with Crippen molar-refractivity contribution in [2.75, 3.05) is 19.6 Å². The average Bonchev–Trinajstić information content (AvgIpc) is 2.77. The van der Waals surface area contributed by atoms with Crippen LogP contribution in [0.1, 0.15) is 6.92 Å². The van der Waals surface area contributed by atoms with Crippen LogP contribution in [0.25, 0.3) is 11.1 Å². The van der Waals surface area contributed by atoms with E-state index in [-0.39, 0.29) is 10.9 Å². The third-order valence-corrected chi connectivity index (χ3v) is 5.22. The van der Waals surface area contributed by atoms with E-state index in [9.17, 15) is 13.2 Å². The first-order chi connectivity index (χ1) is 9.46. The van der Waals surface area contributed by atoms with Crippen LogP contribution >= 0.6 is 0 Å². The second kappa shape index (κ2) is 4.72. The second-order valence-electron chi connectivity index (χ2n) is 4.89. The number of fused-ring (bicyclic) bond motifs is 1. The number of sulfonamides is 1. The van der Waals surface area contributed by atoms with Crippen molar-refractivity contribution in [3.63, 3.8) is 0 Å². The van der Waals surface area contributed by atoms with Crippen molar-refractivity contribution in [1.82, 2.24) is 14.6 Å². The lowest BCUT2D eigenvalue weighted by Crippen LogP contribution is -2.51. The van der Waals surface area contributed by atoms with Gasteiger partial charge in [0, 0.05) is 25.7 Å². The van der Waals surface area contributed by atoms with Gasteiger partial charge in [0.25, 0.3) is 0 Å². The summed E-state index contributed by atoms with van der Waals surface area (Å²) in [5.74, 6) is -0.592. The SMILES string of the molecule is C[C@H]1CN(S(=O)(=O)c2ccc3oc(=O)[nH]c3c2)CCN1. The minimum atomic E-state index is -3.55. The molecule has 2 N–H and O–H groups in total. The molecule has 0 bridgehead atoms. The number of aromatic nitrogens is 1. The van der Waals surface area contributed by atoms with Crippen LogP contribution in [-0.2, 0) is 10.0 Å². The van der Waals surface area contributed by atoms with Crippen LogP contribution in [0.3, 0.4) is 0 Å². The van der Waals surface area contributed by atoms with E-state index in [1.807, 2.05) is 6.92 Å². The first kappa shape index (κ1) is 13.3. The molecule has 1 aliphatic rings. The first-order valence-electron chi connectivity index (χ1n) is 6.33. The number of benzene rings is 1. The largest absolute Gasteiger partial charge is 0.417 e. The van der Waals surface area contributed by atoms with Crippen LogP contribution in [0.4, 0.5) is 0 Å². The zero-order valence-electron chi connectivity index (χ0n) is 10.9. The van der Waals surface area contributed by atoms with E-state index in [4.69, 9.17) is 4.42 Å². The van der Waals surface area contributed by atoms with E-state index in [1.54, 1.807) is 0 Å². The van der Waals surface area contributed by atoms with Crippen LogP contribution in [-0.4, -0.2) is 43.4 Å². The molecule has 7 nitrogen and oxygen atoms in total. The molecule has 0 unspecified atom stereocenters. The summed E-state index contributed by atoms with van der Waals surface area (Å²) in [7, 11) is -3.55. The first-order valence-corrected chi connectivity index (χ1v) is 7.77. The molecule has 1 aliphatic heterocycles. The summed E-state index contributed by atoms with van der Waals surface area (Å²) in [4.78, 5) is 13.7. The molecule has 0 aliphatic carbocycles. The number of hydrogen-bond donors (Lipinski definition) is 2. The summed E-state index contributed by atoms with van der Waals surface area (Å²) in [5, 5.41) is 3.20. The smallest absolute Gasteiger partial charge is 0.408 e. The van der Waals surface area contributed by atoms with Gasteiger partial charge >= 0.3 is 5.76 Å². The zero-order valence-corrected chi connectivity index (χ0v) is 11.7. The lowest BCUT2D eigenvalue weighted by atomic mass is 10.3. The highest BCUT2D eigenvalue weighted by molar-refractivity contribution is 7.89. The van der Waals surface area contributed by atoms with Crippen LogP contribution in [0.2, 0.25) is 0 Å². The number of oxazole rings is 1. The van der Waals surface area contributed by atoms with Gasteiger partial charge in [0.15, 0.2) is 5.58 Å². The van der Waals surface area contributed by atoms with Gasteiger partial charge in [0.05, 0.1) is 10.4 Å². The minimum Gasteiger partial charge on any atom is -0.408 e. The van der Waals surface area contributed by atoms with Gasteiger partial charge in [-0.3, -0.25) is 4.98 Å². The van der Waals surface area contributed by atoms with Crippen molar-refractivity contribution < 1.29 is 12.8 Å². The van der Waals surface area contributed by atoms with Gasteiger partial charge in [-0.15, -0.1) is 0 Å². The molecule has 1 aromatic heterocycles. The highest BCUT2D eigenvalue weighted by Crippen LogP contribution is 2.21. The van der Waals surface area contributed by atoms with Crippen molar-refractivity contribution in [3.05, 3.63) is 28.7 Å². The standard InChI is InChI=1S/C12H15N3O4S/c1-8-7-15(5-4-13-8)20(17,18)9-2-3-11-10(6-9)14-12(16)19-11/h2-3,6,8,13H,4-5,7H2,1H3,(H,14,16)/t8-/m0/s1. The summed E-state index contributed by atoms with van der Waals surface area (Å²) in [6, 6.07) is 4.51. The van der Waals surface area contributed by atoms with E-state index in [2.05, 4.69) is 10.3 Å². The summed E-state index contributed by atoms with van der Waals surface area (Å²) < 4.78 is 31.4. The van der Waals surface area contributed by atoms with Crippen molar-refractivity contribution in [3.8, 4) is 0 Å². The molecule has 0 amide bonds. The number of nitrogens with one attached hydrogen (secondary N) is 2. The number of aromatic amines is 1. The Bertz CT molecular complexity index is 792. The molecule has 0 radical (unpaired) electrons. The molecular weight excluding hydrogens is 282 g/mol. The van der Waals surface area contributed by atoms with Crippen LogP contribution in [0.15, 0.2) is 32.3 Å². The van der Waals surface area contributed by atoms with Gasteiger partial charge in [0.1, 0.15) is 0 Å². The predicted octanol–water partition coefficient (Wildman–Crippen LogP) is 0.104. The third kappa shape index (κ3) is 2.26. The van der Waals surface area contributed by atoms with E-state index in [1.165, 1.54) is 22.5 Å². The maximum absolute atomic E-state index is 12.6. The summed E-state index contributed by atoms with van der Waals surface area (Å²) >= 11 is 0. The Balaban J connectivity index is 2.01. The Morgan fingerprint density at radius 3 is 2.95 bits per heavy atom. The van der Waals surface area contributed by atoms with Gasteiger partial charge in [-0.25, -0.2) is 13.2 Å². The van der Waals surface area contributed by atoms with Crippen molar-refractivity contribution in [1.29, 1.82) is 0 Å². The quantitative estimate of drug-likeness (QED) is 0.820. The highest BCUT2D eigenvalue weighted by atomic mass is 32.2. The van der Waals surface area contributed by atoms with Crippen molar-refractivity contribution in [2.24, 2.45) is 0 Å². The maximum Gasteiger partial charge on any atom is 0.417 e. The molecule has 1 aromatic carbocycles. The van der Waals surface area contributed by atoms with Gasteiger partial charge in [-0.2, -0.15) is 4.31 Å². The Morgan fingerprint density at radius 1 is 1.40 bits per heavy atom. The van der Waals surface area contributed by atoms with Crippen LogP contribution < -0.4 is 11.1 Å². The molecular formula is C12H15N3O4S. The Labute approximate surface area is 115 Å². The molecule has 20 heavy (non-hydrogen) atoms. The van der Waals surface area contributed by atoms with Gasteiger partial charge in [0.2, 0.25) is 10.0 Å². The summed E-state index contributed by atoms with van der Waals surface area (Å²) in [6.45, 7) is 3.44. The predicted molar refractivity (Wildman–Crippen MR) is 73.1 cm³/mol. The second-order valence-corrected chi connectivity index (χ2v) is 6.83. The van der Waals surface area contributed by atoms with E-state index in [0.29, 0.717) is 30.7 Å². The molecule has 0 spiro atoms.